The van der Waals surface area contributed by atoms with Crippen LogP contribution in [0.3, 0.4) is 0 Å². The molecule has 16 heavy (non-hydrogen) atoms. The second-order valence-corrected chi connectivity index (χ2v) is 4.03. The average molecular weight is 242 g/mol. The van der Waals surface area contributed by atoms with Gasteiger partial charge >= 0.3 is 0 Å². The number of halogens is 1. The number of aromatic nitrogens is 1. The first-order valence-electron chi connectivity index (χ1n) is 5.17. The van der Waals surface area contributed by atoms with E-state index in [1.165, 1.54) is 0 Å². The monoisotopic (exact) mass is 241 g/mol. The van der Waals surface area contributed by atoms with Crippen LogP contribution in [-0.4, -0.2) is 35.9 Å². The van der Waals surface area contributed by atoms with Gasteiger partial charge in [-0.1, -0.05) is 11.6 Å². The lowest BCUT2D eigenvalue weighted by molar-refractivity contribution is -0.121. The molecule has 0 unspecified atom stereocenters. The molecule has 1 heterocycles. The number of likely N-dealkylation sites (N-methyl/N-ethyl adjacent to an activating group) is 2. The molecule has 1 amide bonds. The number of hydrogen-bond acceptors (Lipinski definition) is 3. The van der Waals surface area contributed by atoms with E-state index in [1.54, 1.807) is 18.3 Å². The summed E-state index contributed by atoms with van der Waals surface area (Å²) in [6.07, 6.45) is 1.66. The van der Waals surface area contributed by atoms with E-state index in [4.69, 9.17) is 11.6 Å². The van der Waals surface area contributed by atoms with E-state index < -0.39 is 0 Å². The molecule has 1 aromatic heterocycles. The summed E-state index contributed by atoms with van der Waals surface area (Å²) in [6.45, 7) is 3.53. The molecule has 0 saturated heterocycles. The first kappa shape index (κ1) is 12.9. The SMILES string of the molecule is CCNC(=O)CN(C)Cc1cc(Cl)ccn1. The molecule has 0 fully saturated rings. The lowest BCUT2D eigenvalue weighted by Crippen LogP contribution is -2.34. The van der Waals surface area contributed by atoms with Gasteiger partial charge in [-0.25, -0.2) is 0 Å². The van der Waals surface area contributed by atoms with Crippen LogP contribution in [0.4, 0.5) is 0 Å². The summed E-state index contributed by atoms with van der Waals surface area (Å²) >= 11 is 5.85. The summed E-state index contributed by atoms with van der Waals surface area (Å²) in [5, 5.41) is 3.41. The standard InChI is InChI=1S/C11H16ClN3O/c1-3-13-11(16)8-15(2)7-10-6-9(12)4-5-14-10/h4-6H,3,7-8H2,1-2H3,(H,13,16). The molecule has 1 aromatic rings. The molecule has 1 rings (SSSR count). The Morgan fingerprint density at radius 1 is 1.62 bits per heavy atom. The quantitative estimate of drug-likeness (QED) is 0.845. The molecule has 5 heteroatoms. The third kappa shape index (κ3) is 4.59. The van der Waals surface area contributed by atoms with Crippen molar-refractivity contribution in [3.8, 4) is 0 Å². The van der Waals surface area contributed by atoms with E-state index in [0.29, 0.717) is 24.7 Å². The van der Waals surface area contributed by atoms with Gasteiger partial charge in [-0.15, -0.1) is 0 Å². The topological polar surface area (TPSA) is 45.2 Å². The summed E-state index contributed by atoms with van der Waals surface area (Å²) in [4.78, 5) is 17.4. The van der Waals surface area contributed by atoms with Crippen molar-refractivity contribution in [3.05, 3.63) is 29.0 Å². The molecule has 0 saturated carbocycles. The van der Waals surface area contributed by atoms with Gasteiger partial charge in [-0.3, -0.25) is 14.7 Å². The van der Waals surface area contributed by atoms with Crippen molar-refractivity contribution in [2.75, 3.05) is 20.1 Å². The molecule has 88 valence electrons. The number of nitrogens with one attached hydrogen (secondary N) is 1. The van der Waals surface area contributed by atoms with E-state index in [0.717, 1.165) is 5.69 Å². The first-order valence-corrected chi connectivity index (χ1v) is 5.55. The highest BCUT2D eigenvalue weighted by molar-refractivity contribution is 6.30. The Hall–Kier alpha value is -1.13. The highest BCUT2D eigenvalue weighted by Crippen LogP contribution is 2.09. The van der Waals surface area contributed by atoms with Gasteiger partial charge in [0.05, 0.1) is 12.2 Å². The van der Waals surface area contributed by atoms with Crippen LogP contribution >= 0.6 is 11.6 Å². The zero-order chi connectivity index (χ0) is 12.0. The second-order valence-electron chi connectivity index (χ2n) is 3.59. The largest absolute Gasteiger partial charge is 0.355 e. The Balaban J connectivity index is 2.45. The molecule has 0 aliphatic carbocycles. The van der Waals surface area contributed by atoms with Gasteiger partial charge in [0.15, 0.2) is 0 Å². The number of carbonyl (C=O) groups excluding carboxylic acids is 1. The highest BCUT2D eigenvalue weighted by Gasteiger charge is 2.06. The van der Waals surface area contributed by atoms with Crippen molar-refractivity contribution >= 4 is 17.5 Å². The van der Waals surface area contributed by atoms with Crippen LogP contribution in [0.5, 0.6) is 0 Å². The smallest absolute Gasteiger partial charge is 0.234 e. The molecule has 0 aliphatic rings. The van der Waals surface area contributed by atoms with Gasteiger partial charge in [0.2, 0.25) is 5.91 Å². The lowest BCUT2D eigenvalue weighted by atomic mass is 10.3. The minimum Gasteiger partial charge on any atom is -0.355 e. The maximum Gasteiger partial charge on any atom is 0.234 e. The van der Waals surface area contributed by atoms with Crippen LogP contribution in [0.1, 0.15) is 12.6 Å². The Kier molecular flexibility index (Phi) is 5.22. The molecule has 0 spiro atoms. The number of pyridine rings is 1. The van der Waals surface area contributed by atoms with E-state index in [2.05, 4.69) is 10.3 Å². The number of amides is 1. The molecule has 0 atom stereocenters. The van der Waals surface area contributed by atoms with Gasteiger partial charge in [-0.2, -0.15) is 0 Å². The van der Waals surface area contributed by atoms with Crippen molar-refractivity contribution in [1.82, 2.24) is 15.2 Å². The fraction of sp³-hybridized carbons (Fsp3) is 0.455. The predicted molar refractivity (Wildman–Crippen MR) is 64.3 cm³/mol. The van der Waals surface area contributed by atoms with Crippen LogP contribution in [0.2, 0.25) is 5.02 Å². The van der Waals surface area contributed by atoms with Crippen molar-refractivity contribution in [3.63, 3.8) is 0 Å². The van der Waals surface area contributed by atoms with E-state index >= 15 is 0 Å². The fourth-order valence-electron chi connectivity index (χ4n) is 1.37. The summed E-state index contributed by atoms with van der Waals surface area (Å²) in [7, 11) is 1.87. The summed E-state index contributed by atoms with van der Waals surface area (Å²) in [5.74, 6) is 0.0204. The minimum absolute atomic E-state index is 0.0204. The van der Waals surface area contributed by atoms with Crippen LogP contribution in [0, 0.1) is 0 Å². The van der Waals surface area contributed by atoms with Gasteiger partial charge in [0, 0.05) is 24.3 Å². The van der Waals surface area contributed by atoms with E-state index in [9.17, 15) is 4.79 Å². The molecule has 0 radical (unpaired) electrons. The normalized spacial score (nSPS) is 10.5. The van der Waals surface area contributed by atoms with Crippen LogP contribution in [0.25, 0.3) is 0 Å². The highest BCUT2D eigenvalue weighted by atomic mass is 35.5. The van der Waals surface area contributed by atoms with Gasteiger partial charge in [0.1, 0.15) is 0 Å². The fourth-order valence-corrected chi connectivity index (χ4v) is 1.55. The maximum absolute atomic E-state index is 11.3. The van der Waals surface area contributed by atoms with Gasteiger partial charge in [0.25, 0.3) is 0 Å². The number of carbonyl (C=O) groups is 1. The van der Waals surface area contributed by atoms with Crippen molar-refractivity contribution in [2.24, 2.45) is 0 Å². The maximum atomic E-state index is 11.3. The molecule has 0 aliphatic heterocycles. The van der Waals surface area contributed by atoms with Crippen molar-refractivity contribution < 1.29 is 4.79 Å². The molecule has 0 aromatic carbocycles. The van der Waals surface area contributed by atoms with Gasteiger partial charge in [-0.05, 0) is 26.1 Å². The Morgan fingerprint density at radius 2 is 2.38 bits per heavy atom. The van der Waals surface area contributed by atoms with E-state index in [1.807, 2.05) is 18.9 Å². The third-order valence-electron chi connectivity index (χ3n) is 2.00. The zero-order valence-corrected chi connectivity index (χ0v) is 10.3. The Bertz CT molecular complexity index is 357. The number of nitrogens with zero attached hydrogens (tertiary/aromatic N) is 2. The Morgan fingerprint density at radius 3 is 3.00 bits per heavy atom. The number of rotatable bonds is 5. The van der Waals surface area contributed by atoms with Gasteiger partial charge < -0.3 is 5.32 Å². The summed E-state index contributed by atoms with van der Waals surface area (Å²) in [5.41, 5.74) is 0.860. The minimum atomic E-state index is 0.0204. The summed E-state index contributed by atoms with van der Waals surface area (Å²) < 4.78 is 0. The number of hydrogen-bond donors (Lipinski definition) is 1. The lowest BCUT2D eigenvalue weighted by Gasteiger charge is -2.15. The second kappa shape index (κ2) is 6.45. The van der Waals surface area contributed by atoms with E-state index in [-0.39, 0.29) is 5.91 Å². The molecular formula is C11H16ClN3O. The summed E-state index contributed by atoms with van der Waals surface area (Å²) in [6, 6.07) is 3.53. The first-order chi connectivity index (χ1) is 7.61. The zero-order valence-electron chi connectivity index (χ0n) is 9.53. The molecule has 4 nitrogen and oxygen atoms in total. The predicted octanol–water partition coefficient (Wildman–Crippen LogP) is 1.30. The molecule has 0 bridgehead atoms. The average Bonchev–Trinajstić information content (AvgIpc) is 2.17. The molecular weight excluding hydrogens is 226 g/mol. The third-order valence-corrected chi connectivity index (χ3v) is 2.23. The van der Waals surface area contributed by atoms with Crippen LogP contribution in [-0.2, 0) is 11.3 Å². The Labute approximate surface area is 101 Å². The van der Waals surface area contributed by atoms with Crippen molar-refractivity contribution in [2.45, 2.75) is 13.5 Å². The van der Waals surface area contributed by atoms with Crippen LogP contribution < -0.4 is 5.32 Å². The van der Waals surface area contributed by atoms with Crippen molar-refractivity contribution in [1.29, 1.82) is 0 Å². The molecule has 1 N–H and O–H groups in total. The van der Waals surface area contributed by atoms with Crippen LogP contribution in [0.15, 0.2) is 18.3 Å².